The largest absolute Gasteiger partial charge is 0.369 e. The van der Waals surface area contributed by atoms with Crippen LogP contribution in [0.2, 0.25) is 0 Å². The molecule has 0 fully saturated rings. The first-order valence-electron chi connectivity index (χ1n) is 3.17. The summed E-state index contributed by atoms with van der Waals surface area (Å²) in [5.41, 5.74) is 10.1. The lowest BCUT2D eigenvalue weighted by Gasteiger charge is -2.20. The lowest BCUT2D eigenvalue weighted by Crippen LogP contribution is -2.50. The summed E-state index contributed by atoms with van der Waals surface area (Å²) in [4.78, 5) is 0. The van der Waals surface area contributed by atoms with Crippen LogP contribution in [0.4, 0.5) is 0 Å². The van der Waals surface area contributed by atoms with Crippen LogP contribution in [-0.2, 0) is 0 Å². The number of hydrogen-bond donors (Lipinski definition) is 6. The van der Waals surface area contributed by atoms with Crippen molar-refractivity contribution in [2.45, 2.75) is 0 Å². The highest BCUT2D eigenvalue weighted by molar-refractivity contribution is 5.75. The smallest absolute Gasteiger partial charge is 0.202 e. The normalized spacial score (nSPS) is 9.17. The molecule has 0 rings (SSSR count). The van der Waals surface area contributed by atoms with Gasteiger partial charge in [-0.2, -0.15) is 0 Å². The van der Waals surface area contributed by atoms with Crippen molar-refractivity contribution in [1.29, 1.82) is 10.8 Å². The summed E-state index contributed by atoms with van der Waals surface area (Å²) in [7, 11) is 0. The molecule has 0 saturated heterocycles. The molecule has 0 amide bonds. The quantitative estimate of drug-likeness (QED) is 0.117. The summed E-state index contributed by atoms with van der Waals surface area (Å²) in [6.45, 7) is 0.483. The molecule has 0 bridgehead atoms. The van der Waals surface area contributed by atoms with E-state index in [2.05, 4.69) is 0 Å². The van der Waals surface area contributed by atoms with Crippen LogP contribution in [-0.4, -0.2) is 35.0 Å². The first kappa shape index (κ1) is 10.5. The molecule has 0 spiro atoms. The van der Waals surface area contributed by atoms with Crippen molar-refractivity contribution in [3.63, 3.8) is 0 Å². The highest BCUT2D eigenvalue weighted by atomic mass is 15.5. The fraction of sp³-hybridized carbons (Fsp3) is 0.500. The molecule has 0 saturated carbocycles. The van der Waals surface area contributed by atoms with Gasteiger partial charge in [0.2, 0.25) is 11.9 Å². The van der Waals surface area contributed by atoms with Gasteiger partial charge in [0.05, 0.1) is 13.1 Å². The van der Waals surface area contributed by atoms with Gasteiger partial charge < -0.3 is 11.5 Å². The topological polar surface area (TPSA) is 158 Å². The predicted molar refractivity (Wildman–Crippen MR) is 45.6 cm³/mol. The van der Waals surface area contributed by atoms with Crippen LogP contribution in [0.1, 0.15) is 0 Å². The Kier molecular flexibility index (Phi) is 3.80. The number of nitrogens with zero attached hydrogens (tertiary/aromatic N) is 2. The second-order valence-electron chi connectivity index (χ2n) is 2.16. The number of guanidine groups is 2. The Bertz CT molecular complexity index is 156. The molecule has 0 atom stereocenters. The summed E-state index contributed by atoms with van der Waals surface area (Å²) in [5, 5.41) is 15.8. The summed E-state index contributed by atoms with van der Waals surface area (Å²) < 4.78 is 0. The Balaban J connectivity index is 3.68. The maximum atomic E-state index is 6.89. The maximum absolute atomic E-state index is 6.89. The summed E-state index contributed by atoms with van der Waals surface area (Å²) in [6, 6.07) is 0. The van der Waals surface area contributed by atoms with Crippen molar-refractivity contribution in [2.75, 3.05) is 13.1 Å². The zero-order valence-electron chi connectivity index (χ0n) is 6.62. The van der Waals surface area contributed by atoms with Crippen molar-refractivity contribution in [3.8, 4) is 0 Å². The number of rotatable bonds is 3. The zero-order valence-corrected chi connectivity index (χ0v) is 6.62. The van der Waals surface area contributed by atoms with Crippen LogP contribution in [0.5, 0.6) is 0 Å². The molecule has 0 heterocycles. The van der Waals surface area contributed by atoms with E-state index >= 15 is 0 Å². The Labute approximate surface area is 70.0 Å². The van der Waals surface area contributed by atoms with E-state index in [0.717, 1.165) is 10.0 Å². The average Bonchev–Trinajstić information content (AvgIpc) is 1.98. The zero-order chi connectivity index (χ0) is 9.72. The van der Waals surface area contributed by atoms with E-state index < -0.39 is 0 Å². The first-order valence-corrected chi connectivity index (χ1v) is 3.17. The van der Waals surface area contributed by atoms with Gasteiger partial charge in [0.15, 0.2) is 0 Å². The highest BCUT2D eigenvalue weighted by Gasteiger charge is 2.04. The summed E-state index contributed by atoms with van der Waals surface area (Å²) in [5.74, 6) is 10.00. The molecule has 0 radical (unpaired) electrons. The molecule has 10 N–H and O–H groups in total. The van der Waals surface area contributed by atoms with Gasteiger partial charge in [-0.05, 0) is 0 Å². The third kappa shape index (κ3) is 3.58. The van der Waals surface area contributed by atoms with Crippen LogP contribution >= 0.6 is 0 Å². The van der Waals surface area contributed by atoms with Gasteiger partial charge in [-0.25, -0.2) is 11.7 Å². The molecule has 8 nitrogen and oxygen atoms in total. The van der Waals surface area contributed by atoms with E-state index in [1.807, 2.05) is 0 Å². The van der Waals surface area contributed by atoms with Gasteiger partial charge >= 0.3 is 0 Å². The van der Waals surface area contributed by atoms with Gasteiger partial charge in [0.25, 0.3) is 0 Å². The monoisotopic (exact) mass is 174 g/mol. The van der Waals surface area contributed by atoms with E-state index in [0.29, 0.717) is 0 Å². The molecular weight excluding hydrogens is 160 g/mol. The molecule has 0 aliphatic rings. The van der Waals surface area contributed by atoms with Gasteiger partial charge in [-0.3, -0.25) is 20.8 Å². The number of nitrogens with one attached hydrogen (secondary N) is 2. The van der Waals surface area contributed by atoms with Crippen molar-refractivity contribution < 1.29 is 0 Å². The Morgan fingerprint density at radius 1 is 0.917 bits per heavy atom. The fourth-order valence-corrected chi connectivity index (χ4v) is 0.456. The molecule has 12 heavy (non-hydrogen) atoms. The van der Waals surface area contributed by atoms with Gasteiger partial charge in [0.1, 0.15) is 0 Å². The molecule has 0 aromatic rings. The lowest BCUT2D eigenvalue weighted by molar-refractivity contribution is 0.345. The second kappa shape index (κ2) is 4.36. The van der Waals surface area contributed by atoms with Crippen LogP contribution in [0.3, 0.4) is 0 Å². The van der Waals surface area contributed by atoms with Gasteiger partial charge in [-0.15, -0.1) is 0 Å². The third-order valence-corrected chi connectivity index (χ3v) is 1.20. The Morgan fingerprint density at radius 3 is 1.33 bits per heavy atom. The SMILES string of the molecule is N=C(N)N(N)CCN(N)C(=N)N. The second-order valence-corrected chi connectivity index (χ2v) is 2.16. The Hall–Kier alpha value is -1.54. The van der Waals surface area contributed by atoms with Crippen LogP contribution in [0.25, 0.3) is 0 Å². The summed E-state index contributed by atoms with van der Waals surface area (Å²) in [6.07, 6.45) is 0. The first-order chi connectivity index (χ1) is 5.45. The van der Waals surface area contributed by atoms with E-state index in [1.165, 1.54) is 0 Å². The molecule has 0 unspecified atom stereocenters. The van der Waals surface area contributed by atoms with E-state index in [4.69, 9.17) is 34.0 Å². The standard InChI is InChI=1S/C4H14N8/c5-3(6)11(9)1-2-12(10)4(7)8/h1-2,9-10H2,(H3,5,6)(H3,7,8). The molecule has 0 aliphatic heterocycles. The molecule has 0 aromatic heterocycles. The fourth-order valence-electron chi connectivity index (χ4n) is 0.456. The minimum absolute atomic E-state index is 0.241. The van der Waals surface area contributed by atoms with Crippen molar-refractivity contribution in [3.05, 3.63) is 0 Å². The van der Waals surface area contributed by atoms with Crippen LogP contribution in [0, 0.1) is 10.8 Å². The van der Waals surface area contributed by atoms with E-state index in [-0.39, 0.29) is 25.0 Å². The number of hydrazine groups is 2. The van der Waals surface area contributed by atoms with E-state index in [1.54, 1.807) is 0 Å². The molecule has 0 aliphatic carbocycles. The van der Waals surface area contributed by atoms with Crippen molar-refractivity contribution in [2.24, 2.45) is 23.2 Å². The molecular formula is C4H14N8. The molecule has 70 valence electrons. The molecule has 0 aromatic carbocycles. The molecule has 8 heteroatoms. The van der Waals surface area contributed by atoms with Crippen LogP contribution in [0.15, 0.2) is 0 Å². The number of hydrogen-bond acceptors (Lipinski definition) is 4. The Morgan fingerprint density at radius 2 is 1.17 bits per heavy atom. The number of nitrogens with two attached hydrogens (primary N) is 4. The summed E-state index contributed by atoms with van der Waals surface area (Å²) >= 11 is 0. The van der Waals surface area contributed by atoms with Gasteiger partial charge in [-0.1, -0.05) is 0 Å². The van der Waals surface area contributed by atoms with Crippen LogP contribution < -0.4 is 23.2 Å². The predicted octanol–water partition coefficient (Wildman–Crippen LogP) is -2.88. The minimum atomic E-state index is -0.257. The third-order valence-electron chi connectivity index (χ3n) is 1.20. The van der Waals surface area contributed by atoms with E-state index in [9.17, 15) is 0 Å². The van der Waals surface area contributed by atoms with Crippen molar-refractivity contribution >= 4 is 11.9 Å². The van der Waals surface area contributed by atoms with Gasteiger partial charge in [0, 0.05) is 0 Å². The minimum Gasteiger partial charge on any atom is -0.369 e. The van der Waals surface area contributed by atoms with Crippen molar-refractivity contribution in [1.82, 2.24) is 10.0 Å². The lowest BCUT2D eigenvalue weighted by atomic mass is 10.6. The highest BCUT2D eigenvalue weighted by Crippen LogP contribution is 1.78. The maximum Gasteiger partial charge on any atom is 0.202 e. The average molecular weight is 174 g/mol.